The standard InChI is InChI=1S/C24H22N8O.C4H8O/c25-13-16-5-3-6-17(11-16)19-12-20(29-23(26)28-19)21-15-32(31-30-21)14-18-7-4-8-22(27-18)24(33)9-1-2-10-24;1-2-4-5-3-1/h3-8,11-12,15,33H,1-2,9-10,14H2,(H2,26,28,29);1-4H2. The van der Waals surface area contributed by atoms with E-state index >= 15 is 0 Å². The van der Waals surface area contributed by atoms with E-state index in [9.17, 15) is 5.11 Å². The maximum absolute atomic E-state index is 10.8. The van der Waals surface area contributed by atoms with Gasteiger partial charge in [0.05, 0.1) is 47.1 Å². The predicted octanol–water partition coefficient (Wildman–Crippen LogP) is 3.86. The minimum atomic E-state index is -0.832. The van der Waals surface area contributed by atoms with Crippen LogP contribution in [0, 0.1) is 11.3 Å². The molecule has 3 N–H and O–H groups in total. The molecule has 0 radical (unpaired) electrons. The minimum Gasteiger partial charge on any atom is -0.384 e. The highest BCUT2D eigenvalue weighted by Crippen LogP contribution is 2.37. The van der Waals surface area contributed by atoms with Crippen molar-refractivity contribution in [3.05, 3.63) is 71.7 Å². The lowest BCUT2D eigenvalue weighted by Crippen LogP contribution is -2.23. The molecule has 2 fully saturated rings. The fourth-order valence-corrected chi connectivity index (χ4v) is 4.71. The van der Waals surface area contributed by atoms with Gasteiger partial charge in [-0.25, -0.2) is 14.6 Å². The van der Waals surface area contributed by atoms with Crippen molar-refractivity contribution < 1.29 is 9.84 Å². The molecule has 6 rings (SSSR count). The van der Waals surface area contributed by atoms with Crippen LogP contribution in [0.1, 0.15) is 55.5 Å². The lowest BCUT2D eigenvalue weighted by atomic mass is 9.97. The Hall–Kier alpha value is -4.20. The van der Waals surface area contributed by atoms with Crippen LogP contribution in [0.2, 0.25) is 0 Å². The van der Waals surface area contributed by atoms with E-state index < -0.39 is 5.60 Å². The first kappa shape index (κ1) is 25.4. The third-order valence-electron chi connectivity index (χ3n) is 6.70. The summed E-state index contributed by atoms with van der Waals surface area (Å²) < 4.78 is 6.62. The molecule has 4 heterocycles. The second-order valence-electron chi connectivity index (χ2n) is 9.56. The van der Waals surface area contributed by atoms with E-state index in [1.165, 1.54) is 12.8 Å². The summed E-state index contributed by atoms with van der Waals surface area (Å²) >= 11 is 0. The Morgan fingerprint density at radius 3 is 2.45 bits per heavy atom. The number of aliphatic hydroxyl groups is 1. The molecule has 3 aromatic heterocycles. The molecular weight excluding hydrogens is 480 g/mol. The lowest BCUT2D eigenvalue weighted by molar-refractivity contribution is 0.0397. The number of nitrogen functional groups attached to an aromatic ring is 1. The van der Waals surface area contributed by atoms with Gasteiger partial charge >= 0.3 is 0 Å². The first-order valence-electron chi connectivity index (χ1n) is 12.8. The molecule has 10 heteroatoms. The molecule has 1 aliphatic carbocycles. The summed E-state index contributed by atoms with van der Waals surface area (Å²) in [5.41, 5.74) is 9.61. The third kappa shape index (κ3) is 6.02. The molecular formula is C28H30N8O2. The van der Waals surface area contributed by atoms with E-state index in [0.29, 0.717) is 34.9 Å². The van der Waals surface area contributed by atoms with Gasteiger partial charge in [-0.15, -0.1) is 5.10 Å². The topological polar surface area (TPSA) is 149 Å². The van der Waals surface area contributed by atoms with Crippen LogP contribution >= 0.6 is 0 Å². The number of pyridine rings is 1. The Morgan fingerprint density at radius 1 is 0.947 bits per heavy atom. The highest BCUT2D eigenvalue weighted by molar-refractivity contribution is 5.68. The van der Waals surface area contributed by atoms with Crippen molar-refractivity contribution in [2.45, 2.75) is 50.7 Å². The van der Waals surface area contributed by atoms with Crippen LogP contribution in [0.3, 0.4) is 0 Å². The Bertz CT molecular complexity index is 1430. The van der Waals surface area contributed by atoms with Crippen LogP contribution in [0.25, 0.3) is 22.6 Å². The summed E-state index contributed by atoms with van der Waals surface area (Å²) in [5, 5.41) is 28.5. The summed E-state index contributed by atoms with van der Waals surface area (Å²) in [5.74, 6) is 0.110. The summed E-state index contributed by atoms with van der Waals surface area (Å²) in [6, 6.07) is 16.7. The number of ether oxygens (including phenoxy) is 1. The molecule has 1 saturated heterocycles. The Morgan fingerprint density at radius 2 is 1.71 bits per heavy atom. The molecule has 1 aromatic carbocycles. The van der Waals surface area contributed by atoms with Gasteiger partial charge in [0.1, 0.15) is 11.3 Å². The highest BCUT2D eigenvalue weighted by Gasteiger charge is 2.34. The largest absolute Gasteiger partial charge is 0.384 e. The minimum absolute atomic E-state index is 0.110. The molecule has 0 amide bonds. The number of hydrogen-bond acceptors (Lipinski definition) is 9. The average molecular weight is 511 g/mol. The molecule has 1 aliphatic heterocycles. The van der Waals surface area contributed by atoms with Gasteiger partial charge in [0.15, 0.2) is 0 Å². The summed E-state index contributed by atoms with van der Waals surface area (Å²) in [6.45, 7) is 2.41. The zero-order valence-corrected chi connectivity index (χ0v) is 21.1. The fraction of sp³-hybridized carbons (Fsp3) is 0.357. The zero-order chi connectivity index (χ0) is 26.4. The number of nitriles is 1. The van der Waals surface area contributed by atoms with Gasteiger partial charge in [-0.1, -0.05) is 36.3 Å². The number of benzene rings is 1. The normalized spacial score (nSPS) is 16.0. The van der Waals surface area contributed by atoms with E-state index in [-0.39, 0.29) is 5.95 Å². The molecule has 4 aromatic rings. The number of anilines is 1. The monoisotopic (exact) mass is 510 g/mol. The smallest absolute Gasteiger partial charge is 0.221 e. The van der Waals surface area contributed by atoms with Crippen LogP contribution in [-0.2, 0) is 16.9 Å². The summed E-state index contributed by atoms with van der Waals surface area (Å²) in [4.78, 5) is 13.3. The molecule has 0 unspecified atom stereocenters. The maximum atomic E-state index is 10.8. The first-order valence-corrected chi connectivity index (χ1v) is 12.8. The van der Waals surface area contributed by atoms with E-state index in [4.69, 9.17) is 15.7 Å². The van der Waals surface area contributed by atoms with Crippen LogP contribution in [0.4, 0.5) is 5.95 Å². The summed E-state index contributed by atoms with van der Waals surface area (Å²) in [7, 11) is 0. The Labute approximate surface area is 221 Å². The molecule has 10 nitrogen and oxygen atoms in total. The van der Waals surface area contributed by atoms with Crippen LogP contribution < -0.4 is 5.73 Å². The molecule has 38 heavy (non-hydrogen) atoms. The summed E-state index contributed by atoms with van der Waals surface area (Å²) in [6.07, 6.45) is 7.84. The van der Waals surface area contributed by atoms with Gasteiger partial charge in [-0.3, -0.25) is 4.98 Å². The van der Waals surface area contributed by atoms with E-state index in [2.05, 4.69) is 31.3 Å². The van der Waals surface area contributed by atoms with Gasteiger partial charge < -0.3 is 15.6 Å². The third-order valence-corrected chi connectivity index (χ3v) is 6.70. The van der Waals surface area contributed by atoms with Gasteiger partial charge in [-0.05, 0) is 56.0 Å². The predicted molar refractivity (Wildman–Crippen MR) is 141 cm³/mol. The fourth-order valence-electron chi connectivity index (χ4n) is 4.71. The number of rotatable bonds is 5. The van der Waals surface area contributed by atoms with Crippen molar-refractivity contribution in [1.29, 1.82) is 5.26 Å². The second-order valence-corrected chi connectivity index (χ2v) is 9.56. The lowest BCUT2D eigenvalue weighted by Gasteiger charge is -2.21. The van der Waals surface area contributed by atoms with Gasteiger partial charge in [0, 0.05) is 18.8 Å². The van der Waals surface area contributed by atoms with Crippen molar-refractivity contribution in [1.82, 2.24) is 29.9 Å². The number of nitrogens with two attached hydrogens (primary N) is 1. The van der Waals surface area contributed by atoms with Crippen LogP contribution in [0.15, 0.2) is 54.7 Å². The molecule has 0 bridgehead atoms. The van der Waals surface area contributed by atoms with Gasteiger partial charge in [-0.2, -0.15) is 5.26 Å². The average Bonchev–Trinajstić information content (AvgIpc) is 3.73. The van der Waals surface area contributed by atoms with Crippen molar-refractivity contribution in [2.24, 2.45) is 0 Å². The van der Waals surface area contributed by atoms with Gasteiger partial charge in [0.25, 0.3) is 0 Å². The number of aromatic nitrogens is 6. The Kier molecular flexibility index (Phi) is 7.67. The number of nitrogens with zero attached hydrogens (tertiary/aromatic N) is 7. The second kappa shape index (κ2) is 11.5. The van der Waals surface area contributed by atoms with Crippen molar-refractivity contribution >= 4 is 5.95 Å². The quantitative estimate of drug-likeness (QED) is 0.408. The first-order chi connectivity index (χ1) is 18.5. The SMILES string of the molecule is C1CCOC1.N#Cc1cccc(-c2cc(-c3cn(Cc4cccc(C5(O)CCCC5)n4)nn3)nc(N)n2)c1. The molecule has 1 saturated carbocycles. The van der Waals surface area contributed by atoms with Crippen molar-refractivity contribution in [3.8, 4) is 28.7 Å². The van der Waals surface area contributed by atoms with Crippen molar-refractivity contribution in [3.63, 3.8) is 0 Å². The van der Waals surface area contributed by atoms with Crippen LogP contribution in [0.5, 0.6) is 0 Å². The maximum Gasteiger partial charge on any atom is 0.221 e. The molecule has 0 spiro atoms. The zero-order valence-electron chi connectivity index (χ0n) is 21.1. The highest BCUT2D eigenvalue weighted by atomic mass is 16.5. The van der Waals surface area contributed by atoms with E-state index in [1.54, 1.807) is 35.1 Å². The Balaban J connectivity index is 0.000000529. The molecule has 2 aliphatic rings. The molecule has 0 atom stereocenters. The van der Waals surface area contributed by atoms with Gasteiger partial charge in [0.2, 0.25) is 5.95 Å². The van der Waals surface area contributed by atoms with Crippen LogP contribution in [-0.4, -0.2) is 48.3 Å². The molecule has 194 valence electrons. The number of hydrogen-bond donors (Lipinski definition) is 2. The van der Waals surface area contributed by atoms with E-state index in [0.717, 1.165) is 50.2 Å². The van der Waals surface area contributed by atoms with Crippen molar-refractivity contribution in [2.75, 3.05) is 18.9 Å². The van der Waals surface area contributed by atoms with E-state index in [1.807, 2.05) is 24.3 Å².